The van der Waals surface area contributed by atoms with Crippen molar-refractivity contribution in [1.82, 2.24) is 4.98 Å². The molecule has 0 fully saturated rings. The number of ether oxygens (including phenoxy) is 3. The standard InChI is InChI=1S/C16H20N2O4S/c1-10-9-17-16(23-10)18-13(19)8-6-11-5-7-12(20-2)15(22-4)14(11)21-3/h5,7,9H,6,8H2,1-4H3,(H,17,18,19). The maximum Gasteiger partial charge on any atom is 0.226 e. The molecule has 0 aliphatic carbocycles. The number of nitrogens with one attached hydrogen (secondary N) is 1. The fraction of sp³-hybridized carbons (Fsp3) is 0.375. The molecule has 1 amide bonds. The largest absolute Gasteiger partial charge is 0.493 e. The Kier molecular flexibility index (Phi) is 5.81. The van der Waals surface area contributed by atoms with Crippen LogP contribution in [0, 0.1) is 6.92 Å². The topological polar surface area (TPSA) is 69.7 Å². The predicted octanol–water partition coefficient (Wildman–Crippen LogP) is 3.05. The quantitative estimate of drug-likeness (QED) is 0.841. The lowest BCUT2D eigenvalue weighted by Gasteiger charge is -2.15. The van der Waals surface area contributed by atoms with Crippen LogP contribution in [0.2, 0.25) is 0 Å². The Labute approximate surface area is 139 Å². The molecule has 23 heavy (non-hydrogen) atoms. The molecule has 6 nitrogen and oxygen atoms in total. The summed E-state index contributed by atoms with van der Waals surface area (Å²) < 4.78 is 16.0. The molecule has 0 saturated heterocycles. The van der Waals surface area contributed by atoms with E-state index in [9.17, 15) is 4.79 Å². The van der Waals surface area contributed by atoms with Crippen LogP contribution >= 0.6 is 11.3 Å². The lowest BCUT2D eigenvalue weighted by molar-refractivity contribution is -0.116. The number of nitrogens with zero attached hydrogens (tertiary/aromatic N) is 1. The van der Waals surface area contributed by atoms with Gasteiger partial charge in [0.1, 0.15) is 0 Å². The molecule has 0 spiro atoms. The number of methoxy groups -OCH3 is 3. The Morgan fingerprint density at radius 1 is 1.17 bits per heavy atom. The number of aryl methyl sites for hydroxylation is 2. The Hall–Kier alpha value is -2.28. The Morgan fingerprint density at radius 2 is 1.91 bits per heavy atom. The molecule has 2 rings (SSSR count). The number of aromatic nitrogens is 1. The van der Waals surface area contributed by atoms with Crippen molar-refractivity contribution in [2.24, 2.45) is 0 Å². The second-order valence-electron chi connectivity index (χ2n) is 4.82. The van der Waals surface area contributed by atoms with Gasteiger partial charge in [-0.2, -0.15) is 0 Å². The van der Waals surface area contributed by atoms with Crippen LogP contribution in [0.5, 0.6) is 17.2 Å². The van der Waals surface area contributed by atoms with E-state index in [-0.39, 0.29) is 5.91 Å². The summed E-state index contributed by atoms with van der Waals surface area (Å²) in [5, 5.41) is 3.41. The number of rotatable bonds is 7. The van der Waals surface area contributed by atoms with Gasteiger partial charge in [0, 0.05) is 17.5 Å². The van der Waals surface area contributed by atoms with E-state index in [1.54, 1.807) is 33.6 Å². The molecule has 0 bridgehead atoms. The molecule has 0 aliphatic heterocycles. The summed E-state index contributed by atoms with van der Waals surface area (Å²) in [6, 6.07) is 3.68. The molecule has 1 aromatic heterocycles. The summed E-state index contributed by atoms with van der Waals surface area (Å²) in [5.41, 5.74) is 0.885. The van der Waals surface area contributed by atoms with Crippen LogP contribution in [-0.4, -0.2) is 32.2 Å². The highest BCUT2D eigenvalue weighted by Crippen LogP contribution is 2.40. The van der Waals surface area contributed by atoms with E-state index in [2.05, 4.69) is 10.3 Å². The fourth-order valence-electron chi connectivity index (χ4n) is 2.20. The van der Waals surface area contributed by atoms with E-state index >= 15 is 0 Å². The summed E-state index contributed by atoms with van der Waals surface area (Å²) in [7, 11) is 4.70. The lowest BCUT2D eigenvalue weighted by Crippen LogP contribution is -2.12. The average molecular weight is 336 g/mol. The lowest BCUT2D eigenvalue weighted by atomic mass is 10.1. The van der Waals surface area contributed by atoms with E-state index < -0.39 is 0 Å². The fourth-order valence-corrected chi connectivity index (χ4v) is 2.88. The third kappa shape index (κ3) is 4.13. The molecule has 7 heteroatoms. The number of thiazole rings is 1. The van der Waals surface area contributed by atoms with Gasteiger partial charge in [0.25, 0.3) is 0 Å². The minimum atomic E-state index is -0.0869. The number of hydrogen-bond acceptors (Lipinski definition) is 6. The molecule has 1 aromatic carbocycles. The van der Waals surface area contributed by atoms with Crippen LogP contribution in [-0.2, 0) is 11.2 Å². The maximum absolute atomic E-state index is 12.0. The van der Waals surface area contributed by atoms with Gasteiger partial charge in [-0.25, -0.2) is 4.98 Å². The molecule has 0 saturated carbocycles. The van der Waals surface area contributed by atoms with E-state index in [0.29, 0.717) is 35.2 Å². The van der Waals surface area contributed by atoms with Gasteiger partial charge in [-0.3, -0.25) is 4.79 Å². The van der Waals surface area contributed by atoms with Crippen molar-refractivity contribution in [3.63, 3.8) is 0 Å². The van der Waals surface area contributed by atoms with Gasteiger partial charge >= 0.3 is 0 Å². The first-order valence-electron chi connectivity index (χ1n) is 7.09. The van der Waals surface area contributed by atoms with Gasteiger partial charge in [0.2, 0.25) is 11.7 Å². The predicted molar refractivity (Wildman–Crippen MR) is 89.9 cm³/mol. The smallest absolute Gasteiger partial charge is 0.226 e. The summed E-state index contributed by atoms with van der Waals surface area (Å²) in [4.78, 5) is 17.2. The SMILES string of the molecule is COc1ccc(CCC(=O)Nc2ncc(C)s2)c(OC)c1OC. The molecule has 2 aromatic rings. The second-order valence-corrected chi connectivity index (χ2v) is 6.05. The van der Waals surface area contributed by atoms with Crippen molar-refractivity contribution in [2.75, 3.05) is 26.6 Å². The number of hydrogen-bond donors (Lipinski definition) is 1. The third-order valence-corrected chi connectivity index (χ3v) is 4.10. The van der Waals surface area contributed by atoms with Crippen molar-refractivity contribution >= 4 is 22.4 Å². The zero-order chi connectivity index (χ0) is 16.8. The first-order chi connectivity index (χ1) is 11.1. The second kappa shape index (κ2) is 7.82. The molecule has 1 N–H and O–H groups in total. The van der Waals surface area contributed by atoms with Crippen LogP contribution < -0.4 is 19.5 Å². The van der Waals surface area contributed by atoms with Gasteiger partial charge in [-0.05, 0) is 25.0 Å². The van der Waals surface area contributed by atoms with Crippen LogP contribution in [0.4, 0.5) is 5.13 Å². The van der Waals surface area contributed by atoms with Gasteiger partial charge in [-0.15, -0.1) is 11.3 Å². The van der Waals surface area contributed by atoms with E-state index in [1.165, 1.54) is 11.3 Å². The highest BCUT2D eigenvalue weighted by atomic mass is 32.1. The van der Waals surface area contributed by atoms with Crippen LogP contribution in [0.1, 0.15) is 16.9 Å². The van der Waals surface area contributed by atoms with Gasteiger partial charge in [-0.1, -0.05) is 6.07 Å². The third-order valence-electron chi connectivity index (χ3n) is 3.27. The van der Waals surface area contributed by atoms with Crippen molar-refractivity contribution in [3.8, 4) is 17.2 Å². The molecule has 0 unspecified atom stereocenters. The number of benzene rings is 1. The van der Waals surface area contributed by atoms with Crippen LogP contribution in [0.25, 0.3) is 0 Å². The molecule has 0 aliphatic rings. The van der Waals surface area contributed by atoms with E-state index in [0.717, 1.165) is 10.4 Å². The number of amides is 1. The monoisotopic (exact) mass is 336 g/mol. The molecular formula is C16H20N2O4S. The highest BCUT2D eigenvalue weighted by molar-refractivity contribution is 7.15. The minimum Gasteiger partial charge on any atom is -0.493 e. The molecule has 124 valence electrons. The molecule has 1 heterocycles. The van der Waals surface area contributed by atoms with Gasteiger partial charge in [0.05, 0.1) is 21.3 Å². The van der Waals surface area contributed by atoms with E-state index in [1.807, 2.05) is 13.0 Å². The van der Waals surface area contributed by atoms with Gasteiger partial charge < -0.3 is 19.5 Å². The minimum absolute atomic E-state index is 0.0869. The summed E-state index contributed by atoms with van der Waals surface area (Å²) in [5.74, 6) is 1.63. The van der Waals surface area contributed by atoms with Gasteiger partial charge in [0.15, 0.2) is 16.6 Å². The highest BCUT2D eigenvalue weighted by Gasteiger charge is 2.16. The van der Waals surface area contributed by atoms with E-state index in [4.69, 9.17) is 14.2 Å². The molecule has 0 radical (unpaired) electrons. The number of anilines is 1. The van der Waals surface area contributed by atoms with Crippen molar-refractivity contribution in [3.05, 3.63) is 28.8 Å². The van der Waals surface area contributed by atoms with Crippen molar-refractivity contribution in [2.45, 2.75) is 19.8 Å². The summed E-state index contributed by atoms with van der Waals surface area (Å²) >= 11 is 1.45. The van der Waals surface area contributed by atoms with Crippen molar-refractivity contribution < 1.29 is 19.0 Å². The first kappa shape index (κ1) is 17.1. The average Bonchev–Trinajstić information content (AvgIpc) is 2.96. The number of carbonyl (C=O) groups is 1. The first-order valence-corrected chi connectivity index (χ1v) is 7.90. The number of carbonyl (C=O) groups excluding carboxylic acids is 1. The Bertz CT molecular complexity index is 685. The molecular weight excluding hydrogens is 316 g/mol. The van der Waals surface area contributed by atoms with Crippen molar-refractivity contribution in [1.29, 1.82) is 0 Å². The zero-order valence-corrected chi connectivity index (χ0v) is 14.5. The summed E-state index contributed by atoms with van der Waals surface area (Å²) in [6.07, 6.45) is 2.59. The van der Waals surface area contributed by atoms with Crippen LogP contribution in [0.3, 0.4) is 0 Å². The Balaban J connectivity index is 2.06. The normalized spacial score (nSPS) is 10.3. The summed E-state index contributed by atoms with van der Waals surface area (Å²) in [6.45, 7) is 1.95. The zero-order valence-electron chi connectivity index (χ0n) is 13.6. The van der Waals surface area contributed by atoms with Crippen LogP contribution in [0.15, 0.2) is 18.3 Å². The Morgan fingerprint density at radius 3 is 2.48 bits per heavy atom. The molecule has 0 atom stereocenters. The maximum atomic E-state index is 12.0.